The molecule has 4 aliphatic rings. The second kappa shape index (κ2) is 6.82. The van der Waals surface area contributed by atoms with Crippen molar-refractivity contribution in [2.75, 3.05) is 30.8 Å². The Labute approximate surface area is 179 Å². The SMILES string of the molecule is COC(=O)C1CCN([N+]23C=CN=CC2=NC(Nc2ccc4c(c2)NC(=O)C4(C)C)=N3)C1. The number of carbonyl (C=O) groups excluding carboxylic acids is 2. The van der Waals surface area contributed by atoms with E-state index in [4.69, 9.17) is 9.84 Å². The second-order valence-electron chi connectivity index (χ2n) is 8.51. The summed E-state index contributed by atoms with van der Waals surface area (Å²) in [5, 5.41) is 13.1. The molecule has 4 aliphatic heterocycles. The molecular weight excluding hydrogens is 398 g/mol. The number of quaternary nitrogens is 1. The molecule has 10 nitrogen and oxygen atoms in total. The van der Waals surface area contributed by atoms with Gasteiger partial charge in [-0.1, -0.05) is 6.07 Å². The number of guanidine groups is 1. The molecule has 1 aromatic rings. The maximum absolute atomic E-state index is 12.2. The molecule has 0 radical (unpaired) electrons. The van der Waals surface area contributed by atoms with E-state index in [0.29, 0.717) is 31.3 Å². The van der Waals surface area contributed by atoms with Crippen LogP contribution in [0.15, 0.2) is 45.7 Å². The van der Waals surface area contributed by atoms with Crippen LogP contribution in [0.25, 0.3) is 0 Å². The minimum atomic E-state index is -0.554. The van der Waals surface area contributed by atoms with Crippen LogP contribution < -0.4 is 10.6 Å². The monoisotopic (exact) mass is 422 g/mol. The topological polar surface area (TPSA) is 108 Å². The van der Waals surface area contributed by atoms with E-state index in [1.54, 1.807) is 12.4 Å². The number of amidine groups is 1. The lowest BCUT2D eigenvalue weighted by Gasteiger charge is -2.31. The fourth-order valence-electron chi connectivity index (χ4n) is 4.40. The molecule has 0 saturated carbocycles. The predicted molar refractivity (Wildman–Crippen MR) is 116 cm³/mol. The number of fused-ring (bicyclic) bond motifs is 2. The number of nitrogens with zero attached hydrogens (tertiary/aromatic N) is 5. The lowest BCUT2D eigenvalue weighted by atomic mass is 9.86. The van der Waals surface area contributed by atoms with Crippen molar-refractivity contribution < 1.29 is 19.0 Å². The molecule has 1 fully saturated rings. The zero-order valence-electron chi connectivity index (χ0n) is 17.6. The van der Waals surface area contributed by atoms with Gasteiger partial charge in [0, 0.05) is 11.4 Å². The van der Waals surface area contributed by atoms with E-state index in [2.05, 4.69) is 25.6 Å². The van der Waals surface area contributed by atoms with Crippen LogP contribution in [-0.2, 0) is 19.7 Å². The van der Waals surface area contributed by atoms with Gasteiger partial charge in [-0.25, -0.2) is 0 Å². The summed E-state index contributed by atoms with van der Waals surface area (Å²) in [6, 6.07) is 5.75. The maximum Gasteiger partial charge on any atom is 0.310 e. The summed E-state index contributed by atoms with van der Waals surface area (Å²) in [6.07, 6.45) is 5.90. The third-order valence-electron chi connectivity index (χ3n) is 6.25. The van der Waals surface area contributed by atoms with Crippen molar-refractivity contribution >= 4 is 41.3 Å². The number of amides is 1. The quantitative estimate of drug-likeness (QED) is 0.570. The highest BCUT2D eigenvalue weighted by Gasteiger charge is 2.50. The molecule has 0 bridgehead atoms. The zero-order valence-corrected chi connectivity index (χ0v) is 17.6. The van der Waals surface area contributed by atoms with Crippen LogP contribution in [0.3, 0.4) is 0 Å². The van der Waals surface area contributed by atoms with Crippen LogP contribution in [0.1, 0.15) is 25.8 Å². The van der Waals surface area contributed by atoms with E-state index < -0.39 is 5.41 Å². The van der Waals surface area contributed by atoms with Crippen molar-refractivity contribution in [3.8, 4) is 0 Å². The summed E-state index contributed by atoms with van der Waals surface area (Å²) in [5.41, 5.74) is 1.97. The van der Waals surface area contributed by atoms with Crippen LogP contribution >= 0.6 is 0 Å². The second-order valence-corrected chi connectivity index (χ2v) is 8.51. The number of hydrogen-bond donors (Lipinski definition) is 2. The average molecular weight is 422 g/mol. The molecule has 0 spiro atoms. The van der Waals surface area contributed by atoms with E-state index in [-0.39, 0.29) is 22.5 Å². The van der Waals surface area contributed by atoms with Crippen molar-refractivity contribution in [3.05, 3.63) is 36.2 Å². The van der Waals surface area contributed by atoms with Gasteiger partial charge < -0.3 is 15.4 Å². The van der Waals surface area contributed by atoms with E-state index >= 15 is 0 Å². The fourth-order valence-corrected chi connectivity index (χ4v) is 4.40. The van der Waals surface area contributed by atoms with Crippen molar-refractivity contribution in [2.45, 2.75) is 25.7 Å². The Balaban J connectivity index is 1.41. The average Bonchev–Trinajstić information content (AvgIpc) is 3.43. The van der Waals surface area contributed by atoms with Gasteiger partial charge in [-0.2, -0.15) is 0 Å². The molecule has 5 rings (SSSR count). The molecular formula is C21H24N7O3+. The minimum Gasteiger partial charge on any atom is -0.469 e. The summed E-state index contributed by atoms with van der Waals surface area (Å²) < 4.78 is 4.95. The molecule has 1 aromatic carbocycles. The van der Waals surface area contributed by atoms with Crippen molar-refractivity contribution in [1.82, 2.24) is 5.01 Å². The number of rotatable bonds is 3. The van der Waals surface area contributed by atoms with Crippen molar-refractivity contribution in [3.63, 3.8) is 0 Å². The first-order valence-corrected chi connectivity index (χ1v) is 10.2. The van der Waals surface area contributed by atoms with Gasteiger partial charge in [0.15, 0.2) is 6.20 Å². The maximum atomic E-state index is 12.2. The summed E-state index contributed by atoms with van der Waals surface area (Å²) >= 11 is 0. The fraction of sp³-hybridized carbons (Fsp3) is 0.381. The molecule has 1 amide bonds. The van der Waals surface area contributed by atoms with Crippen molar-refractivity contribution in [1.29, 1.82) is 0 Å². The van der Waals surface area contributed by atoms with E-state index in [1.807, 2.05) is 38.2 Å². The number of methoxy groups -OCH3 is 1. The number of nitrogens with one attached hydrogen (secondary N) is 2. The van der Waals surface area contributed by atoms with Crippen LogP contribution in [0, 0.1) is 5.92 Å². The third kappa shape index (κ3) is 2.98. The summed E-state index contributed by atoms with van der Waals surface area (Å²) in [5.74, 6) is 0.653. The molecule has 31 heavy (non-hydrogen) atoms. The van der Waals surface area contributed by atoms with Gasteiger partial charge in [-0.05, 0) is 47.8 Å². The zero-order chi connectivity index (χ0) is 21.8. The molecule has 0 aliphatic carbocycles. The van der Waals surface area contributed by atoms with Crippen molar-refractivity contribution in [2.24, 2.45) is 21.0 Å². The predicted octanol–water partition coefficient (Wildman–Crippen LogP) is 1.79. The normalized spacial score (nSPS) is 28.0. The third-order valence-corrected chi connectivity index (χ3v) is 6.25. The van der Waals surface area contributed by atoms with Gasteiger partial charge in [0.25, 0.3) is 5.96 Å². The Kier molecular flexibility index (Phi) is 4.31. The number of aliphatic imine (C=N–C) groups is 2. The van der Waals surface area contributed by atoms with Gasteiger partial charge in [-0.3, -0.25) is 14.6 Å². The Morgan fingerprint density at radius 3 is 3.03 bits per heavy atom. The highest BCUT2D eigenvalue weighted by Crippen LogP contribution is 2.39. The molecule has 2 N–H and O–H groups in total. The van der Waals surface area contributed by atoms with Gasteiger partial charge >= 0.3 is 11.8 Å². The Hall–Kier alpha value is -3.37. The number of ether oxygens (including phenoxy) is 1. The highest BCUT2D eigenvalue weighted by atomic mass is 16.5. The van der Waals surface area contributed by atoms with Gasteiger partial charge in [0.05, 0.1) is 37.7 Å². The molecule has 1 saturated heterocycles. The molecule has 2 atom stereocenters. The number of esters is 1. The number of anilines is 2. The smallest absolute Gasteiger partial charge is 0.310 e. The van der Waals surface area contributed by atoms with Gasteiger partial charge in [-0.15, -0.1) is 10.0 Å². The minimum absolute atomic E-state index is 0.0183. The van der Waals surface area contributed by atoms with Crippen LogP contribution in [0.5, 0.6) is 0 Å². The molecule has 10 heteroatoms. The van der Waals surface area contributed by atoms with Crippen LogP contribution in [0.2, 0.25) is 0 Å². The van der Waals surface area contributed by atoms with Gasteiger partial charge in [0.2, 0.25) is 5.91 Å². The van der Waals surface area contributed by atoms with Crippen LogP contribution in [-0.4, -0.2) is 59.8 Å². The summed E-state index contributed by atoms with van der Waals surface area (Å²) in [4.78, 5) is 33.0. The highest BCUT2D eigenvalue weighted by molar-refractivity contribution is 6.30. The first-order chi connectivity index (χ1) is 14.8. The molecule has 2 unspecified atom stereocenters. The Morgan fingerprint density at radius 1 is 1.39 bits per heavy atom. The molecule has 160 valence electrons. The molecule has 4 heterocycles. The first kappa shape index (κ1) is 19.6. The number of carbonyl (C=O) groups is 2. The standard InChI is InChI=1S/C21H23N7O3/c1-21(2)15-5-4-14(10-16(15)24-19(21)30)23-20-25-17-11-22-7-9-28(17,26-20)27-8-6-13(12-27)18(29)31-3/h4-5,7,9-11,13H,6,8,12H2,1-3H3,(H-,23,24,26,30)/p+1. The first-order valence-electron chi connectivity index (χ1n) is 10.2. The Bertz CT molecular complexity index is 1100. The van der Waals surface area contributed by atoms with E-state index in [0.717, 1.165) is 16.9 Å². The number of benzene rings is 1. The van der Waals surface area contributed by atoms with Crippen LogP contribution in [0.4, 0.5) is 11.4 Å². The largest absolute Gasteiger partial charge is 0.469 e. The van der Waals surface area contributed by atoms with E-state index in [1.165, 1.54) is 7.11 Å². The summed E-state index contributed by atoms with van der Waals surface area (Å²) in [7, 11) is 1.41. The lowest BCUT2D eigenvalue weighted by Crippen LogP contribution is -2.55. The molecule has 0 aromatic heterocycles. The number of hydrogen-bond acceptors (Lipinski definition) is 8. The Morgan fingerprint density at radius 2 is 2.23 bits per heavy atom. The summed E-state index contributed by atoms with van der Waals surface area (Å²) in [6.45, 7) is 5.00. The van der Waals surface area contributed by atoms with E-state index in [9.17, 15) is 9.59 Å². The van der Waals surface area contributed by atoms with Gasteiger partial charge in [0.1, 0.15) is 6.21 Å². The lowest BCUT2D eigenvalue weighted by molar-refractivity contribution is -0.915.